The van der Waals surface area contributed by atoms with E-state index >= 15 is 0 Å². The van der Waals surface area contributed by atoms with Crippen molar-refractivity contribution >= 4 is 28.8 Å². The van der Waals surface area contributed by atoms with Crippen LogP contribution in [0.15, 0.2) is 54.2 Å². The van der Waals surface area contributed by atoms with Crippen LogP contribution in [0.4, 0.5) is 15.8 Å². The van der Waals surface area contributed by atoms with Crippen molar-refractivity contribution in [1.29, 1.82) is 0 Å². The molecule has 0 bridgehead atoms. The zero-order valence-electron chi connectivity index (χ0n) is 12.4. The smallest absolute Gasteiger partial charge is 0.158 e. The van der Waals surface area contributed by atoms with E-state index in [1.807, 2.05) is 18.2 Å². The number of hydrogen-bond acceptors (Lipinski definition) is 3. The fourth-order valence-corrected chi connectivity index (χ4v) is 3.19. The van der Waals surface area contributed by atoms with Crippen LogP contribution in [0.1, 0.15) is 24.3 Å². The average Bonchev–Trinajstić information content (AvgIpc) is 2.49. The monoisotopic (exact) mass is 330 g/mol. The zero-order chi connectivity index (χ0) is 16.4. The van der Waals surface area contributed by atoms with Crippen molar-refractivity contribution in [2.75, 3.05) is 11.1 Å². The molecule has 0 saturated carbocycles. The lowest BCUT2D eigenvalue weighted by Gasteiger charge is -2.25. The zero-order valence-corrected chi connectivity index (χ0v) is 13.1. The lowest BCUT2D eigenvalue weighted by atomic mass is 9.85. The number of nitrogens with two attached hydrogens (primary N) is 1. The highest BCUT2D eigenvalue weighted by Gasteiger charge is 2.26. The molecule has 3 nitrogen and oxygen atoms in total. The fraction of sp³-hybridized carbons (Fsp3) is 0.167. The number of carbonyl (C=O) groups is 1. The van der Waals surface area contributed by atoms with Gasteiger partial charge in [-0.15, -0.1) is 0 Å². The lowest BCUT2D eigenvalue weighted by molar-refractivity contribution is -0.115. The number of nitrogen functional groups attached to an aromatic ring is 1. The van der Waals surface area contributed by atoms with Gasteiger partial charge in [0.05, 0.1) is 11.4 Å². The quantitative estimate of drug-likeness (QED) is 0.814. The first-order chi connectivity index (χ1) is 11.0. The van der Waals surface area contributed by atoms with Crippen molar-refractivity contribution < 1.29 is 9.18 Å². The van der Waals surface area contributed by atoms with Crippen LogP contribution >= 0.6 is 11.6 Å². The number of anilines is 2. The lowest BCUT2D eigenvalue weighted by Crippen LogP contribution is -2.18. The number of ketones is 1. The van der Waals surface area contributed by atoms with Gasteiger partial charge in [-0.3, -0.25) is 4.79 Å². The fourth-order valence-electron chi connectivity index (χ4n) is 2.87. The second kappa shape index (κ2) is 6.42. The third-order valence-electron chi connectivity index (χ3n) is 3.91. The molecule has 2 aromatic rings. The van der Waals surface area contributed by atoms with Crippen LogP contribution in [0.3, 0.4) is 0 Å². The Kier molecular flexibility index (Phi) is 4.35. The molecule has 3 rings (SSSR count). The summed E-state index contributed by atoms with van der Waals surface area (Å²) in [7, 11) is 0. The van der Waals surface area contributed by atoms with Gasteiger partial charge >= 0.3 is 0 Å². The van der Waals surface area contributed by atoms with E-state index in [9.17, 15) is 9.18 Å². The molecule has 0 amide bonds. The van der Waals surface area contributed by atoms with Crippen molar-refractivity contribution in [1.82, 2.24) is 0 Å². The van der Waals surface area contributed by atoms with Crippen molar-refractivity contribution in [3.8, 4) is 0 Å². The van der Waals surface area contributed by atoms with Gasteiger partial charge in [0, 0.05) is 34.7 Å². The predicted octanol–water partition coefficient (Wildman–Crippen LogP) is 4.50. The molecule has 1 aliphatic carbocycles. The molecule has 1 aliphatic rings. The Morgan fingerprint density at radius 3 is 2.65 bits per heavy atom. The summed E-state index contributed by atoms with van der Waals surface area (Å²) < 4.78 is 14.1. The summed E-state index contributed by atoms with van der Waals surface area (Å²) in [6, 6.07) is 11.9. The van der Waals surface area contributed by atoms with Crippen molar-refractivity contribution in [2.24, 2.45) is 0 Å². The summed E-state index contributed by atoms with van der Waals surface area (Å²) in [5.41, 5.74) is 8.34. The van der Waals surface area contributed by atoms with Crippen LogP contribution in [0, 0.1) is 5.82 Å². The molecule has 0 aromatic heterocycles. The Bertz CT molecular complexity index is 768. The minimum atomic E-state index is -0.379. The summed E-state index contributed by atoms with van der Waals surface area (Å²) in [6.07, 6.45) is 2.30. The molecular weight excluding hydrogens is 315 g/mol. The van der Waals surface area contributed by atoms with E-state index in [0.717, 1.165) is 5.69 Å². The van der Waals surface area contributed by atoms with Crippen LogP contribution in [0.25, 0.3) is 0 Å². The Hall–Kier alpha value is -2.33. The second-order valence-electron chi connectivity index (χ2n) is 5.59. The number of halogens is 2. The summed E-state index contributed by atoms with van der Waals surface area (Å²) in [4.78, 5) is 12.0. The van der Waals surface area contributed by atoms with Gasteiger partial charge < -0.3 is 11.1 Å². The minimum absolute atomic E-state index is 0.0578. The standard InChI is InChI=1S/C18H16ClFN2O/c19-14-4-3-5-15(20)18(14)11-8-12(10-13(23)9-11)22-17-7-2-1-6-16(17)21/h1-7,10-11,22H,8-9,21H2. The number of rotatable bonds is 3. The van der Waals surface area contributed by atoms with Crippen molar-refractivity contribution in [3.63, 3.8) is 0 Å². The van der Waals surface area contributed by atoms with E-state index in [2.05, 4.69) is 5.32 Å². The van der Waals surface area contributed by atoms with E-state index in [4.69, 9.17) is 17.3 Å². The molecule has 0 aliphatic heterocycles. The van der Waals surface area contributed by atoms with Gasteiger partial charge in [0.15, 0.2) is 5.78 Å². The first-order valence-electron chi connectivity index (χ1n) is 7.33. The maximum absolute atomic E-state index is 14.1. The Labute approximate surface area is 139 Å². The molecule has 1 unspecified atom stereocenters. The summed E-state index contributed by atoms with van der Waals surface area (Å²) in [5.74, 6) is -0.720. The largest absolute Gasteiger partial charge is 0.397 e. The highest BCUT2D eigenvalue weighted by Crippen LogP contribution is 2.37. The van der Waals surface area contributed by atoms with Gasteiger partial charge in [-0.05, 0) is 30.7 Å². The first kappa shape index (κ1) is 15.6. The van der Waals surface area contributed by atoms with Crippen LogP contribution in [-0.4, -0.2) is 5.78 Å². The molecule has 2 aromatic carbocycles. The topological polar surface area (TPSA) is 55.1 Å². The number of nitrogens with one attached hydrogen (secondary N) is 1. The van der Waals surface area contributed by atoms with E-state index < -0.39 is 0 Å². The van der Waals surface area contributed by atoms with Gasteiger partial charge in [0.1, 0.15) is 5.82 Å². The van der Waals surface area contributed by atoms with E-state index in [0.29, 0.717) is 28.4 Å². The van der Waals surface area contributed by atoms with Crippen molar-refractivity contribution in [3.05, 3.63) is 70.6 Å². The van der Waals surface area contributed by atoms with Gasteiger partial charge in [-0.2, -0.15) is 0 Å². The van der Waals surface area contributed by atoms with Crippen LogP contribution in [-0.2, 0) is 4.79 Å². The summed E-state index contributed by atoms with van der Waals surface area (Å²) in [5, 5.41) is 3.52. The molecule has 23 heavy (non-hydrogen) atoms. The molecule has 118 valence electrons. The normalized spacial score (nSPS) is 17.7. The number of allylic oxidation sites excluding steroid dienone is 2. The number of hydrogen-bond donors (Lipinski definition) is 2. The minimum Gasteiger partial charge on any atom is -0.397 e. The molecule has 3 N–H and O–H groups in total. The molecule has 5 heteroatoms. The Balaban J connectivity index is 1.87. The first-order valence-corrected chi connectivity index (χ1v) is 7.71. The molecule has 0 saturated heterocycles. The maximum Gasteiger partial charge on any atom is 0.158 e. The predicted molar refractivity (Wildman–Crippen MR) is 91.0 cm³/mol. The number of benzene rings is 2. The molecule has 0 spiro atoms. The second-order valence-corrected chi connectivity index (χ2v) is 6.00. The van der Waals surface area contributed by atoms with Crippen LogP contribution in [0.5, 0.6) is 0 Å². The Morgan fingerprint density at radius 2 is 1.91 bits per heavy atom. The van der Waals surface area contributed by atoms with Gasteiger partial charge in [-0.25, -0.2) is 4.39 Å². The highest BCUT2D eigenvalue weighted by atomic mass is 35.5. The van der Waals surface area contributed by atoms with Crippen LogP contribution < -0.4 is 11.1 Å². The maximum atomic E-state index is 14.1. The Morgan fingerprint density at radius 1 is 1.13 bits per heavy atom. The summed E-state index contributed by atoms with van der Waals surface area (Å²) >= 11 is 6.13. The number of para-hydroxylation sites is 2. The number of carbonyl (C=O) groups excluding carboxylic acids is 1. The molecule has 1 atom stereocenters. The van der Waals surface area contributed by atoms with Gasteiger partial charge in [-0.1, -0.05) is 29.8 Å². The van der Waals surface area contributed by atoms with E-state index in [-0.39, 0.29) is 23.9 Å². The van der Waals surface area contributed by atoms with Crippen LogP contribution in [0.2, 0.25) is 5.02 Å². The SMILES string of the molecule is Nc1ccccc1NC1=CC(=O)CC(c2c(F)cccc2Cl)C1. The third-order valence-corrected chi connectivity index (χ3v) is 4.24. The third kappa shape index (κ3) is 3.37. The molecular formula is C18H16ClFN2O. The molecule has 0 heterocycles. The van der Waals surface area contributed by atoms with Gasteiger partial charge in [0.2, 0.25) is 0 Å². The average molecular weight is 331 g/mol. The molecule has 0 radical (unpaired) electrons. The van der Waals surface area contributed by atoms with E-state index in [1.165, 1.54) is 6.07 Å². The van der Waals surface area contributed by atoms with Crippen molar-refractivity contribution in [2.45, 2.75) is 18.8 Å². The van der Waals surface area contributed by atoms with Gasteiger partial charge in [0.25, 0.3) is 0 Å². The molecule has 0 fully saturated rings. The highest BCUT2D eigenvalue weighted by molar-refractivity contribution is 6.31. The van der Waals surface area contributed by atoms with E-state index in [1.54, 1.807) is 24.3 Å². The summed E-state index contributed by atoms with van der Waals surface area (Å²) in [6.45, 7) is 0.